The highest BCUT2D eigenvalue weighted by atomic mass is 32.2. The average Bonchev–Trinajstić information content (AvgIpc) is 2.77. The predicted octanol–water partition coefficient (Wildman–Crippen LogP) is 2.96. The van der Waals surface area contributed by atoms with Gasteiger partial charge in [0.15, 0.2) is 0 Å². The van der Waals surface area contributed by atoms with Crippen molar-refractivity contribution in [2.75, 3.05) is 40.3 Å². The summed E-state index contributed by atoms with van der Waals surface area (Å²) in [5.74, 6) is 0.581. The second-order valence-corrected chi connectivity index (χ2v) is 10.3. The first-order chi connectivity index (χ1) is 15.2. The molecule has 32 heavy (non-hydrogen) atoms. The van der Waals surface area contributed by atoms with Crippen molar-refractivity contribution in [1.82, 2.24) is 14.5 Å². The molecule has 0 aromatic heterocycles. The zero-order valence-electron chi connectivity index (χ0n) is 19.3. The molecule has 1 aliphatic rings. The third-order valence-electron chi connectivity index (χ3n) is 5.96. The van der Waals surface area contributed by atoms with Crippen LogP contribution in [0.1, 0.15) is 46.4 Å². The van der Waals surface area contributed by atoms with Crippen LogP contribution < -0.4 is 10.1 Å². The Hall–Kier alpha value is -2.42. The van der Waals surface area contributed by atoms with E-state index in [-0.39, 0.29) is 17.7 Å². The zero-order chi connectivity index (χ0) is 23.3. The largest absolute Gasteiger partial charge is 0.496 e. The van der Waals surface area contributed by atoms with Crippen LogP contribution in [-0.2, 0) is 15.8 Å². The molecular formula is C24H33N3O4S. The van der Waals surface area contributed by atoms with Crippen molar-refractivity contribution >= 4 is 15.9 Å². The van der Waals surface area contributed by atoms with Crippen LogP contribution in [0.3, 0.4) is 0 Å². The second kappa shape index (κ2) is 10.5. The minimum absolute atomic E-state index is 0.0542. The fourth-order valence-electron chi connectivity index (χ4n) is 3.90. The van der Waals surface area contributed by atoms with Gasteiger partial charge in [-0.25, -0.2) is 8.42 Å². The fourth-order valence-corrected chi connectivity index (χ4v) is 5.42. The van der Waals surface area contributed by atoms with E-state index in [2.05, 4.69) is 10.2 Å². The van der Waals surface area contributed by atoms with Crippen LogP contribution in [0.4, 0.5) is 0 Å². The monoisotopic (exact) mass is 459 g/mol. The third-order valence-corrected chi connectivity index (χ3v) is 7.81. The van der Waals surface area contributed by atoms with Gasteiger partial charge in [-0.15, -0.1) is 0 Å². The number of nitrogens with one attached hydrogen (secondary N) is 1. The van der Waals surface area contributed by atoms with Gasteiger partial charge in [0.2, 0.25) is 10.0 Å². The van der Waals surface area contributed by atoms with Gasteiger partial charge in [0, 0.05) is 31.7 Å². The van der Waals surface area contributed by atoms with Crippen molar-refractivity contribution in [2.24, 2.45) is 0 Å². The molecular weight excluding hydrogens is 426 g/mol. The Morgan fingerprint density at radius 2 is 1.75 bits per heavy atom. The molecule has 2 aromatic rings. The summed E-state index contributed by atoms with van der Waals surface area (Å²) in [6, 6.07) is 12.6. The van der Waals surface area contributed by atoms with Crippen molar-refractivity contribution in [3.8, 4) is 5.75 Å². The van der Waals surface area contributed by atoms with E-state index in [0.717, 1.165) is 36.4 Å². The highest BCUT2D eigenvalue weighted by Crippen LogP contribution is 2.24. The number of amides is 1. The van der Waals surface area contributed by atoms with Crippen LogP contribution in [-0.4, -0.2) is 63.9 Å². The van der Waals surface area contributed by atoms with Gasteiger partial charge < -0.3 is 15.0 Å². The first-order valence-corrected chi connectivity index (χ1v) is 12.5. The molecule has 1 amide bonds. The van der Waals surface area contributed by atoms with E-state index in [4.69, 9.17) is 4.74 Å². The van der Waals surface area contributed by atoms with Crippen molar-refractivity contribution < 1.29 is 17.9 Å². The van der Waals surface area contributed by atoms with Gasteiger partial charge in [0.25, 0.3) is 5.91 Å². The molecule has 0 bridgehead atoms. The van der Waals surface area contributed by atoms with Crippen LogP contribution >= 0.6 is 0 Å². The fraction of sp³-hybridized carbons (Fsp3) is 0.458. The molecule has 1 heterocycles. The van der Waals surface area contributed by atoms with Gasteiger partial charge in [-0.05, 0) is 55.3 Å². The van der Waals surface area contributed by atoms with Gasteiger partial charge in [-0.3, -0.25) is 4.79 Å². The molecule has 174 valence electrons. The normalized spacial score (nSPS) is 16.5. The van der Waals surface area contributed by atoms with Gasteiger partial charge in [0.05, 0.1) is 18.9 Å². The Balaban J connectivity index is 1.64. The maximum absolute atomic E-state index is 12.8. The summed E-state index contributed by atoms with van der Waals surface area (Å²) < 4.78 is 32.3. The molecule has 1 aliphatic heterocycles. The topological polar surface area (TPSA) is 79.0 Å². The number of hydrogen-bond donors (Lipinski definition) is 1. The van der Waals surface area contributed by atoms with E-state index in [9.17, 15) is 13.2 Å². The van der Waals surface area contributed by atoms with E-state index in [0.29, 0.717) is 24.2 Å². The molecule has 0 spiro atoms. The highest BCUT2D eigenvalue weighted by Gasteiger charge is 2.26. The molecule has 1 fully saturated rings. The molecule has 8 heteroatoms. The van der Waals surface area contributed by atoms with Crippen molar-refractivity contribution in [3.05, 3.63) is 64.7 Å². The van der Waals surface area contributed by atoms with E-state index in [1.807, 2.05) is 39.1 Å². The summed E-state index contributed by atoms with van der Waals surface area (Å²) in [5, 5.41) is 3.08. The number of benzene rings is 2. The Bertz CT molecular complexity index is 1030. The summed E-state index contributed by atoms with van der Waals surface area (Å²) in [6.07, 6.45) is 0.749. The molecule has 0 aliphatic carbocycles. The number of aryl methyl sites for hydroxylation is 1. The molecule has 1 atom stereocenters. The molecule has 7 nitrogen and oxygen atoms in total. The zero-order valence-corrected chi connectivity index (χ0v) is 20.1. The standard InChI is InChI=1S/C24H33N3O4S/c1-5-22(21-10-11-23(31-4)18(2)16-21)25-24(28)20-8-6-19(7-9-20)17-32(29,30)27-14-12-26(3)13-15-27/h6-11,16,22H,5,12-15,17H2,1-4H3,(H,25,28)/t22-/m0/s1. The number of carbonyl (C=O) groups excluding carboxylic acids is 1. The minimum atomic E-state index is -3.37. The molecule has 0 unspecified atom stereocenters. The lowest BCUT2D eigenvalue weighted by atomic mass is 10.0. The second-order valence-electron chi connectivity index (χ2n) is 8.32. The molecule has 3 rings (SSSR count). The van der Waals surface area contributed by atoms with Crippen LogP contribution in [0.2, 0.25) is 0 Å². The maximum atomic E-state index is 12.8. The number of carbonyl (C=O) groups is 1. The number of hydrogen-bond acceptors (Lipinski definition) is 5. The smallest absolute Gasteiger partial charge is 0.251 e. The SMILES string of the molecule is CC[C@H](NC(=O)c1ccc(CS(=O)(=O)N2CCN(C)CC2)cc1)c1ccc(OC)c(C)c1. The van der Waals surface area contributed by atoms with Crippen LogP contribution in [0.5, 0.6) is 5.75 Å². The summed E-state index contributed by atoms with van der Waals surface area (Å²) in [4.78, 5) is 14.9. The molecule has 0 radical (unpaired) electrons. The van der Waals surface area contributed by atoms with E-state index in [1.54, 1.807) is 35.7 Å². The van der Waals surface area contributed by atoms with Crippen molar-refractivity contribution in [1.29, 1.82) is 0 Å². The number of ether oxygens (including phenoxy) is 1. The van der Waals surface area contributed by atoms with Gasteiger partial charge in [-0.2, -0.15) is 4.31 Å². The summed E-state index contributed by atoms with van der Waals surface area (Å²) in [7, 11) is 0.267. The Labute approximate surface area is 191 Å². The lowest BCUT2D eigenvalue weighted by molar-refractivity contribution is 0.0935. The third kappa shape index (κ3) is 5.88. The Kier molecular flexibility index (Phi) is 7.92. The lowest BCUT2D eigenvalue weighted by Crippen LogP contribution is -2.47. The Morgan fingerprint density at radius 1 is 1.09 bits per heavy atom. The molecule has 0 saturated carbocycles. The van der Waals surface area contributed by atoms with Crippen molar-refractivity contribution in [2.45, 2.75) is 32.1 Å². The van der Waals surface area contributed by atoms with E-state index < -0.39 is 10.0 Å². The maximum Gasteiger partial charge on any atom is 0.251 e. The average molecular weight is 460 g/mol. The summed E-state index contributed by atoms with van der Waals surface area (Å²) in [5.41, 5.74) is 3.23. The molecule has 1 N–H and O–H groups in total. The quantitative estimate of drug-likeness (QED) is 0.657. The Morgan fingerprint density at radius 3 is 2.31 bits per heavy atom. The number of rotatable bonds is 8. The van der Waals surface area contributed by atoms with Crippen molar-refractivity contribution in [3.63, 3.8) is 0 Å². The predicted molar refractivity (Wildman–Crippen MR) is 126 cm³/mol. The van der Waals surface area contributed by atoms with E-state index in [1.165, 1.54) is 0 Å². The number of sulfonamides is 1. The number of piperazine rings is 1. The first kappa shape index (κ1) is 24.2. The number of likely N-dealkylation sites (N-methyl/N-ethyl adjacent to an activating group) is 1. The van der Waals surface area contributed by atoms with Crippen LogP contribution in [0, 0.1) is 6.92 Å². The first-order valence-electron chi connectivity index (χ1n) is 10.9. The van der Waals surface area contributed by atoms with Gasteiger partial charge >= 0.3 is 0 Å². The molecule has 1 saturated heterocycles. The molecule has 2 aromatic carbocycles. The summed E-state index contributed by atoms with van der Waals surface area (Å²) >= 11 is 0. The number of nitrogens with zero attached hydrogens (tertiary/aromatic N) is 2. The van der Waals surface area contributed by atoms with E-state index >= 15 is 0 Å². The minimum Gasteiger partial charge on any atom is -0.496 e. The number of methoxy groups -OCH3 is 1. The van der Waals surface area contributed by atoms with Gasteiger partial charge in [0.1, 0.15) is 5.75 Å². The highest BCUT2D eigenvalue weighted by molar-refractivity contribution is 7.88. The van der Waals surface area contributed by atoms with Gasteiger partial charge in [-0.1, -0.05) is 31.2 Å². The summed E-state index contributed by atoms with van der Waals surface area (Å²) in [6.45, 7) is 6.52. The van der Waals surface area contributed by atoms with Crippen LogP contribution in [0.15, 0.2) is 42.5 Å². The lowest BCUT2D eigenvalue weighted by Gasteiger charge is -2.31. The van der Waals surface area contributed by atoms with Crippen LogP contribution in [0.25, 0.3) is 0 Å².